The van der Waals surface area contributed by atoms with E-state index in [1.807, 2.05) is 23.4 Å². The van der Waals surface area contributed by atoms with Gasteiger partial charge in [0.2, 0.25) is 5.91 Å². The quantitative estimate of drug-likeness (QED) is 0.722. The number of piperidine rings is 1. The minimum atomic E-state index is 0.0828. The molecule has 1 amide bonds. The van der Waals surface area contributed by atoms with E-state index < -0.39 is 0 Å². The standard InChI is InChI=1S/C23H28N4O/c1-16-7-6-8-24-22(16)19(14-21(28)27-9-4-3-5-10-27)12-18-11-17(2)23-20(13-18)15-25-26-23/h6-8,11,13,15,19H,3-5,9-10,12,14H2,1-2H3,(H,25,26). The number of aromatic nitrogens is 3. The topological polar surface area (TPSA) is 61.9 Å². The molecule has 0 bridgehead atoms. The van der Waals surface area contributed by atoms with Gasteiger partial charge in [-0.15, -0.1) is 0 Å². The van der Waals surface area contributed by atoms with Gasteiger partial charge in [-0.3, -0.25) is 14.9 Å². The SMILES string of the molecule is Cc1cccnc1C(CC(=O)N1CCCCC1)Cc1cc(C)c2[nH]ncc2c1. The minimum absolute atomic E-state index is 0.0828. The van der Waals surface area contributed by atoms with Crippen molar-refractivity contribution in [2.45, 2.75) is 51.9 Å². The molecule has 2 aromatic heterocycles. The third kappa shape index (κ3) is 3.93. The summed E-state index contributed by atoms with van der Waals surface area (Å²) >= 11 is 0. The van der Waals surface area contributed by atoms with Gasteiger partial charge in [0.25, 0.3) is 0 Å². The molecule has 5 nitrogen and oxygen atoms in total. The molecule has 146 valence electrons. The highest BCUT2D eigenvalue weighted by atomic mass is 16.2. The summed E-state index contributed by atoms with van der Waals surface area (Å²) < 4.78 is 0. The third-order valence-corrected chi connectivity index (χ3v) is 5.85. The molecular weight excluding hydrogens is 348 g/mol. The number of fused-ring (bicyclic) bond motifs is 1. The zero-order chi connectivity index (χ0) is 19.5. The van der Waals surface area contributed by atoms with E-state index in [4.69, 9.17) is 0 Å². The first-order valence-electron chi connectivity index (χ1n) is 10.2. The predicted molar refractivity (Wildman–Crippen MR) is 111 cm³/mol. The molecule has 5 heteroatoms. The number of hydrogen-bond acceptors (Lipinski definition) is 3. The zero-order valence-corrected chi connectivity index (χ0v) is 16.7. The Morgan fingerprint density at radius 3 is 2.79 bits per heavy atom. The number of aromatic amines is 1. The van der Waals surface area contributed by atoms with Gasteiger partial charge in [-0.1, -0.05) is 12.1 Å². The number of likely N-dealkylation sites (tertiary alicyclic amines) is 1. The maximum absolute atomic E-state index is 13.0. The zero-order valence-electron chi connectivity index (χ0n) is 16.7. The third-order valence-electron chi connectivity index (χ3n) is 5.85. The van der Waals surface area contributed by atoms with Gasteiger partial charge in [-0.2, -0.15) is 5.10 Å². The van der Waals surface area contributed by atoms with E-state index in [2.05, 4.69) is 47.2 Å². The van der Waals surface area contributed by atoms with Crippen molar-refractivity contribution in [2.75, 3.05) is 13.1 Å². The lowest BCUT2D eigenvalue weighted by Crippen LogP contribution is -2.36. The van der Waals surface area contributed by atoms with E-state index >= 15 is 0 Å². The second-order valence-electron chi connectivity index (χ2n) is 8.00. The van der Waals surface area contributed by atoms with Crippen LogP contribution in [-0.4, -0.2) is 39.1 Å². The van der Waals surface area contributed by atoms with Crippen LogP contribution in [-0.2, 0) is 11.2 Å². The Balaban J connectivity index is 1.62. The molecule has 0 spiro atoms. The molecule has 1 aromatic carbocycles. The molecule has 0 saturated carbocycles. The van der Waals surface area contributed by atoms with Crippen molar-refractivity contribution in [1.29, 1.82) is 0 Å². The van der Waals surface area contributed by atoms with Crippen LogP contribution in [0.4, 0.5) is 0 Å². The molecule has 1 atom stereocenters. The average molecular weight is 377 g/mol. The van der Waals surface area contributed by atoms with Gasteiger partial charge in [0.15, 0.2) is 0 Å². The smallest absolute Gasteiger partial charge is 0.223 e. The van der Waals surface area contributed by atoms with Crippen LogP contribution < -0.4 is 0 Å². The van der Waals surface area contributed by atoms with E-state index in [9.17, 15) is 4.79 Å². The number of rotatable bonds is 5. The van der Waals surface area contributed by atoms with Crippen LogP contribution in [0.3, 0.4) is 0 Å². The molecule has 0 aliphatic carbocycles. The van der Waals surface area contributed by atoms with Crippen LogP contribution in [0, 0.1) is 13.8 Å². The first-order chi connectivity index (χ1) is 13.6. The van der Waals surface area contributed by atoms with Crippen LogP contribution in [0.1, 0.15) is 54.0 Å². The van der Waals surface area contributed by atoms with Crippen molar-refractivity contribution >= 4 is 16.8 Å². The van der Waals surface area contributed by atoms with E-state index in [0.29, 0.717) is 6.42 Å². The summed E-state index contributed by atoms with van der Waals surface area (Å²) in [6, 6.07) is 8.44. The van der Waals surface area contributed by atoms with Crippen molar-refractivity contribution in [1.82, 2.24) is 20.1 Å². The van der Waals surface area contributed by atoms with Crippen LogP contribution in [0.2, 0.25) is 0 Å². The lowest BCUT2D eigenvalue weighted by Gasteiger charge is -2.29. The molecule has 1 fully saturated rings. The molecule has 28 heavy (non-hydrogen) atoms. The van der Waals surface area contributed by atoms with Gasteiger partial charge in [0.1, 0.15) is 0 Å². The van der Waals surface area contributed by atoms with Crippen molar-refractivity contribution < 1.29 is 4.79 Å². The number of nitrogens with zero attached hydrogens (tertiary/aromatic N) is 3. The van der Waals surface area contributed by atoms with Crippen molar-refractivity contribution in [3.8, 4) is 0 Å². The number of benzene rings is 1. The Morgan fingerprint density at radius 1 is 1.18 bits per heavy atom. The Hall–Kier alpha value is -2.69. The van der Waals surface area contributed by atoms with Crippen molar-refractivity contribution in [3.05, 3.63) is 59.0 Å². The number of carbonyl (C=O) groups is 1. The lowest BCUT2D eigenvalue weighted by molar-refractivity contribution is -0.132. The largest absolute Gasteiger partial charge is 0.343 e. The summed E-state index contributed by atoms with van der Waals surface area (Å²) in [5.74, 6) is 0.343. The van der Waals surface area contributed by atoms with E-state index in [1.165, 1.54) is 17.5 Å². The normalized spacial score (nSPS) is 15.7. The Kier molecular flexibility index (Phi) is 5.42. The number of pyridine rings is 1. The molecule has 0 radical (unpaired) electrons. The maximum Gasteiger partial charge on any atom is 0.223 e. The molecule has 1 aliphatic heterocycles. The van der Waals surface area contributed by atoms with Gasteiger partial charge < -0.3 is 4.90 Å². The summed E-state index contributed by atoms with van der Waals surface area (Å²) in [6.07, 6.45) is 8.50. The summed E-state index contributed by atoms with van der Waals surface area (Å²) in [5.41, 5.74) is 5.69. The highest BCUT2D eigenvalue weighted by molar-refractivity contribution is 5.82. The second-order valence-corrected chi connectivity index (χ2v) is 8.00. The van der Waals surface area contributed by atoms with Crippen LogP contribution in [0.15, 0.2) is 36.7 Å². The molecule has 3 heterocycles. The number of carbonyl (C=O) groups excluding carboxylic acids is 1. The summed E-state index contributed by atoms with van der Waals surface area (Å²) in [7, 11) is 0. The fourth-order valence-electron chi connectivity index (χ4n) is 4.39. The van der Waals surface area contributed by atoms with Crippen LogP contribution in [0.5, 0.6) is 0 Å². The first-order valence-corrected chi connectivity index (χ1v) is 10.2. The molecule has 1 saturated heterocycles. The van der Waals surface area contributed by atoms with Crippen LogP contribution in [0.25, 0.3) is 10.9 Å². The lowest BCUT2D eigenvalue weighted by atomic mass is 9.89. The van der Waals surface area contributed by atoms with Crippen molar-refractivity contribution in [2.24, 2.45) is 0 Å². The molecular formula is C23H28N4O. The molecule has 1 aliphatic rings. The Bertz CT molecular complexity index is 972. The minimum Gasteiger partial charge on any atom is -0.343 e. The van der Waals surface area contributed by atoms with Gasteiger partial charge in [0.05, 0.1) is 11.7 Å². The molecule has 1 unspecified atom stereocenters. The maximum atomic E-state index is 13.0. The fraction of sp³-hybridized carbons (Fsp3) is 0.435. The number of nitrogens with one attached hydrogen (secondary N) is 1. The summed E-state index contributed by atoms with van der Waals surface area (Å²) in [6.45, 7) is 5.98. The van der Waals surface area contributed by atoms with Gasteiger partial charge in [-0.25, -0.2) is 0 Å². The van der Waals surface area contributed by atoms with Crippen molar-refractivity contribution in [3.63, 3.8) is 0 Å². The van der Waals surface area contributed by atoms with E-state index in [1.54, 1.807) is 0 Å². The van der Waals surface area contributed by atoms with E-state index in [-0.39, 0.29) is 11.8 Å². The number of amides is 1. The second kappa shape index (κ2) is 8.13. The van der Waals surface area contributed by atoms with Gasteiger partial charge in [-0.05, 0) is 68.4 Å². The van der Waals surface area contributed by atoms with Gasteiger partial charge in [0, 0.05) is 42.7 Å². The molecule has 3 aromatic rings. The highest BCUT2D eigenvalue weighted by Gasteiger charge is 2.24. The Labute approximate surface area is 166 Å². The Morgan fingerprint density at radius 2 is 2.00 bits per heavy atom. The van der Waals surface area contributed by atoms with E-state index in [0.717, 1.165) is 54.5 Å². The fourth-order valence-corrected chi connectivity index (χ4v) is 4.39. The average Bonchev–Trinajstić information content (AvgIpc) is 3.18. The summed E-state index contributed by atoms with van der Waals surface area (Å²) in [4.78, 5) is 19.7. The number of aryl methyl sites for hydroxylation is 2. The first kappa shape index (κ1) is 18.7. The molecule has 1 N–H and O–H groups in total. The number of H-pyrrole nitrogens is 1. The highest BCUT2D eigenvalue weighted by Crippen LogP contribution is 2.29. The predicted octanol–water partition coefficient (Wildman–Crippen LogP) is 4.30. The van der Waals surface area contributed by atoms with Gasteiger partial charge >= 0.3 is 0 Å². The number of hydrogen-bond donors (Lipinski definition) is 1. The summed E-state index contributed by atoms with van der Waals surface area (Å²) in [5, 5.41) is 8.35. The van der Waals surface area contributed by atoms with Crippen LogP contribution >= 0.6 is 0 Å². The molecule has 4 rings (SSSR count). The monoisotopic (exact) mass is 376 g/mol.